The lowest BCUT2D eigenvalue weighted by atomic mass is 9.94. The minimum Gasteiger partial charge on any atom is -0.383 e. The van der Waals surface area contributed by atoms with Gasteiger partial charge in [-0.1, -0.05) is 20.8 Å². The molecule has 116 valence electrons. The first-order valence-corrected chi connectivity index (χ1v) is 7.39. The number of nitrogens with zero attached hydrogens (tertiary/aromatic N) is 3. The van der Waals surface area contributed by atoms with Gasteiger partial charge in [-0.05, 0) is 19.8 Å². The zero-order chi connectivity index (χ0) is 15.8. The summed E-state index contributed by atoms with van der Waals surface area (Å²) in [6, 6.07) is 0. The van der Waals surface area contributed by atoms with E-state index in [1.54, 1.807) is 0 Å². The lowest BCUT2D eigenvalue weighted by molar-refractivity contribution is -0.122. The molecule has 6 nitrogen and oxygen atoms in total. The van der Waals surface area contributed by atoms with E-state index in [0.29, 0.717) is 5.82 Å². The van der Waals surface area contributed by atoms with E-state index in [1.807, 2.05) is 6.92 Å². The zero-order valence-electron chi connectivity index (χ0n) is 13.3. The van der Waals surface area contributed by atoms with Crippen molar-refractivity contribution >= 4 is 17.5 Å². The van der Waals surface area contributed by atoms with Gasteiger partial charge >= 0.3 is 0 Å². The van der Waals surface area contributed by atoms with Crippen molar-refractivity contribution in [1.29, 1.82) is 0 Å². The van der Waals surface area contributed by atoms with E-state index in [-0.39, 0.29) is 17.2 Å². The Morgan fingerprint density at radius 2 is 1.81 bits per heavy atom. The third kappa shape index (κ3) is 3.25. The van der Waals surface area contributed by atoms with Crippen LogP contribution in [0.3, 0.4) is 0 Å². The minimum absolute atomic E-state index is 0.0252. The number of carbonyl (C=O) groups is 1. The number of primary amides is 1. The van der Waals surface area contributed by atoms with Gasteiger partial charge in [0.2, 0.25) is 5.91 Å². The third-order valence-corrected chi connectivity index (χ3v) is 4.03. The SMILES string of the molecule is Cc1c(N)nc(C(C)(C)C)nc1N1CCC(C(N)=O)CC1. The lowest BCUT2D eigenvalue weighted by Crippen LogP contribution is -2.39. The first-order chi connectivity index (χ1) is 9.70. The van der Waals surface area contributed by atoms with Crippen LogP contribution in [-0.2, 0) is 10.2 Å². The highest BCUT2D eigenvalue weighted by molar-refractivity contribution is 5.77. The number of piperidine rings is 1. The molecule has 0 aliphatic carbocycles. The molecule has 1 amide bonds. The Morgan fingerprint density at radius 3 is 2.29 bits per heavy atom. The Bertz CT molecular complexity index is 542. The molecule has 1 aromatic rings. The molecule has 4 N–H and O–H groups in total. The summed E-state index contributed by atoms with van der Waals surface area (Å²) in [5.41, 5.74) is 12.2. The van der Waals surface area contributed by atoms with Crippen molar-refractivity contribution in [3.8, 4) is 0 Å². The first kappa shape index (κ1) is 15.5. The Kier molecular flexibility index (Phi) is 4.07. The van der Waals surface area contributed by atoms with E-state index in [4.69, 9.17) is 16.5 Å². The zero-order valence-corrected chi connectivity index (χ0v) is 13.3. The molecule has 0 saturated carbocycles. The topological polar surface area (TPSA) is 98.1 Å². The summed E-state index contributed by atoms with van der Waals surface area (Å²) in [7, 11) is 0. The van der Waals surface area contributed by atoms with Crippen LogP contribution in [0.25, 0.3) is 0 Å². The van der Waals surface area contributed by atoms with Gasteiger partial charge in [-0.25, -0.2) is 9.97 Å². The van der Waals surface area contributed by atoms with Crippen LogP contribution < -0.4 is 16.4 Å². The molecule has 0 spiro atoms. The molecule has 0 unspecified atom stereocenters. The van der Waals surface area contributed by atoms with Gasteiger partial charge < -0.3 is 16.4 Å². The molecule has 0 radical (unpaired) electrons. The summed E-state index contributed by atoms with van der Waals surface area (Å²) in [5.74, 6) is 1.93. The monoisotopic (exact) mass is 291 g/mol. The summed E-state index contributed by atoms with van der Waals surface area (Å²) in [5, 5.41) is 0. The number of nitrogens with two attached hydrogens (primary N) is 2. The van der Waals surface area contributed by atoms with Crippen LogP contribution in [0.5, 0.6) is 0 Å². The van der Waals surface area contributed by atoms with Crippen LogP contribution in [0.2, 0.25) is 0 Å². The van der Waals surface area contributed by atoms with Gasteiger partial charge in [0.25, 0.3) is 0 Å². The third-order valence-electron chi connectivity index (χ3n) is 4.03. The largest absolute Gasteiger partial charge is 0.383 e. The van der Waals surface area contributed by atoms with Gasteiger partial charge in [-0.2, -0.15) is 0 Å². The van der Waals surface area contributed by atoms with Crippen LogP contribution in [0.15, 0.2) is 0 Å². The molecule has 0 atom stereocenters. The van der Waals surface area contributed by atoms with Crippen molar-refractivity contribution in [2.24, 2.45) is 11.7 Å². The van der Waals surface area contributed by atoms with Crippen molar-refractivity contribution in [3.05, 3.63) is 11.4 Å². The van der Waals surface area contributed by atoms with Gasteiger partial charge in [0.15, 0.2) is 0 Å². The van der Waals surface area contributed by atoms with E-state index < -0.39 is 0 Å². The highest BCUT2D eigenvalue weighted by Crippen LogP contribution is 2.29. The van der Waals surface area contributed by atoms with Crippen molar-refractivity contribution < 1.29 is 4.79 Å². The Balaban J connectivity index is 2.28. The van der Waals surface area contributed by atoms with Gasteiger partial charge in [-0.15, -0.1) is 0 Å². The molecule has 6 heteroatoms. The summed E-state index contributed by atoms with van der Waals surface area (Å²) < 4.78 is 0. The summed E-state index contributed by atoms with van der Waals surface area (Å²) in [6.45, 7) is 9.70. The molecule has 1 saturated heterocycles. The Labute approximate surface area is 125 Å². The molecule has 2 heterocycles. The van der Waals surface area contributed by atoms with Crippen molar-refractivity contribution in [2.75, 3.05) is 23.7 Å². The summed E-state index contributed by atoms with van der Waals surface area (Å²) in [4.78, 5) is 22.6. The van der Waals surface area contributed by atoms with Gasteiger partial charge in [-0.3, -0.25) is 4.79 Å². The van der Waals surface area contributed by atoms with Crippen LogP contribution in [0.1, 0.15) is 45.0 Å². The number of carbonyl (C=O) groups excluding carboxylic acids is 1. The molecule has 1 aliphatic heterocycles. The fourth-order valence-electron chi connectivity index (χ4n) is 2.54. The van der Waals surface area contributed by atoms with Gasteiger partial charge in [0.05, 0.1) is 0 Å². The van der Waals surface area contributed by atoms with E-state index in [1.165, 1.54) is 0 Å². The van der Waals surface area contributed by atoms with Crippen LogP contribution in [0, 0.1) is 12.8 Å². The number of amides is 1. The smallest absolute Gasteiger partial charge is 0.220 e. The lowest BCUT2D eigenvalue weighted by Gasteiger charge is -2.33. The second-order valence-electron chi connectivity index (χ2n) is 6.79. The molecule has 0 aromatic carbocycles. The number of rotatable bonds is 2. The quantitative estimate of drug-likeness (QED) is 0.857. The molecule has 2 rings (SSSR count). The summed E-state index contributed by atoms with van der Waals surface area (Å²) in [6.07, 6.45) is 1.53. The molecular weight excluding hydrogens is 266 g/mol. The fraction of sp³-hybridized carbons (Fsp3) is 0.667. The van der Waals surface area contributed by atoms with E-state index in [9.17, 15) is 4.79 Å². The number of anilines is 2. The Morgan fingerprint density at radius 1 is 1.24 bits per heavy atom. The second kappa shape index (κ2) is 5.50. The van der Waals surface area contributed by atoms with Crippen molar-refractivity contribution in [1.82, 2.24) is 9.97 Å². The van der Waals surface area contributed by atoms with E-state index in [0.717, 1.165) is 43.1 Å². The standard InChI is InChI=1S/C15H25N5O/c1-9-11(16)18-14(15(2,3)4)19-13(9)20-7-5-10(6-8-20)12(17)21/h10H,5-8H2,1-4H3,(H2,17,21)(H2,16,18,19). The molecule has 1 fully saturated rings. The van der Waals surface area contributed by atoms with Crippen LogP contribution in [-0.4, -0.2) is 29.0 Å². The maximum Gasteiger partial charge on any atom is 0.220 e. The summed E-state index contributed by atoms with van der Waals surface area (Å²) >= 11 is 0. The van der Waals surface area contributed by atoms with E-state index >= 15 is 0 Å². The Hall–Kier alpha value is -1.85. The first-order valence-electron chi connectivity index (χ1n) is 7.39. The van der Waals surface area contributed by atoms with Crippen molar-refractivity contribution in [2.45, 2.75) is 46.0 Å². The number of nitrogen functional groups attached to an aromatic ring is 1. The minimum atomic E-state index is -0.205. The van der Waals surface area contributed by atoms with Crippen LogP contribution in [0.4, 0.5) is 11.6 Å². The average molecular weight is 291 g/mol. The number of hydrogen-bond donors (Lipinski definition) is 2. The number of hydrogen-bond acceptors (Lipinski definition) is 5. The maximum absolute atomic E-state index is 11.3. The van der Waals surface area contributed by atoms with E-state index in [2.05, 4.69) is 30.7 Å². The predicted molar refractivity (Wildman–Crippen MR) is 84.0 cm³/mol. The van der Waals surface area contributed by atoms with Gasteiger partial charge in [0, 0.05) is 30.0 Å². The van der Waals surface area contributed by atoms with Crippen LogP contribution >= 0.6 is 0 Å². The van der Waals surface area contributed by atoms with Gasteiger partial charge in [0.1, 0.15) is 17.5 Å². The molecule has 0 bridgehead atoms. The second-order valence-corrected chi connectivity index (χ2v) is 6.79. The molecule has 1 aromatic heterocycles. The highest BCUT2D eigenvalue weighted by Gasteiger charge is 2.27. The number of aromatic nitrogens is 2. The predicted octanol–water partition coefficient (Wildman–Crippen LogP) is 1.37. The molecule has 21 heavy (non-hydrogen) atoms. The average Bonchev–Trinajstić information content (AvgIpc) is 2.40. The maximum atomic E-state index is 11.3. The van der Waals surface area contributed by atoms with Crippen molar-refractivity contribution in [3.63, 3.8) is 0 Å². The normalized spacial score (nSPS) is 17.0. The fourth-order valence-corrected chi connectivity index (χ4v) is 2.54. The molecule has 1 aliphatic rings. The molecular formula is C15H25N5O. The highest BCUT2D eigenvalue weighted by atomic mass is 16.1.